The van der Waals surface area contributed by atoms with E-state index >= 15 is 0 Å². The summed E-state index contributed by atoms with van der Waals surface area (Å²) in [5, 5.41) is 39.4. The van der Waals surface area contributed by atoms with Gasteiger partial charge in [-0.3, -0.25) is 19.2 Å². The molecule has 1 aliphatic rings. The summed E-state index contributed by atoms with van der Waals surface area (Å²) < 4.78 is 16.3. The van der Waals surface area contributed by atoms with E-state index in [1.807, 2.05) is 0 Å². The van der Waals surface area contributed by atoms with Gasteiger partial charge in [0.2, 0.25) is 12.0 Å². The summed E-state index contributed by atoms with van der Waals surface area (Å²) >= 11 is 0. The molecule has 2 heterocycles. The molecule has 1 aromatic rings. The normalized spacial score (nSPS) is 24.5. The van der Waals surface area contributed by atoms with Gasteiger partial charge in [0.1, 0.15) is 12.8 Å². The number of aliphatic carboxylic acids is 3. The summed E-state index contributed by atoms with van der Waals surface area (Å²) in [6.07, 6.45) is -3.47. The molecule has 0 amide bonds. The minimum atomic E-state index is -1.53. The molecule has 33 heavy (non-hydrogen) atoms. The molecule has 5 atom stereocenters. The molecule has 1 saturated heterocycles. The zero-order valence-electron chi connectivity index (χ0n) is 17.4. The molecule has 0 bridgehead atoms. The first kappa shape index (κ1) is 25.5. The van der Waals surface area contributed by atoms with Crippen LogP contribution in [0.2, 0.25) is 0 Å². The second kappa shape index (κ2) is 11.2. The van der Waals surface area contributed by atoms with Crippen LogP contribution < -0.4 is 4.74 Å². The maximum absolute atomic E-state index is 11.6. The molecule has 0 aliphatic carbocycles. The highest BCUT2D eigenvalue weighted by atomic mass is 16.7. The Morgan fingerprint density at radius 3 is 2.18 bits per heavy atom. The van der Waals surface area contributed by atoms with E-state index in [9.17, 15) is 44.6 Å². The fourth-order valence-corrected chi connectivity index (χ4v) is 3.82. The summed E-state index contributed by atoms with van der Waals surface area (Å²) in [4.78, 5) is 59.9. The van der Waals surface area contributed by atoms with Crippen molar-refractivity contribution in [3.8, 4) is 5.75 Å². The highest BCUT2D eigenvalue weighted by Gasteiger charge is 2.49. The molecule has 2 rings (SSSR count). The molecule has 14 nitrogen and oxygen atoms in total. The van der Waals surface area contributed by atoms with E-state index in [1.54, 1.807) is 0 Å². The molecule has 1 fully saturated rings. The van der Waals surface area contributed by atoms with Gasteiger partial charge in [0.15, 0.2) is 0 Å². The number of hydrogen-bond acceptors (Lipinski definition) is 10. The minimum Gasteiger partial charge on any atom is -0.481 e. The van der Waals surface area contributed by atoms with Gasteiger partial charge in [-0.15, -0.1) is 0 Å². The number of hydrogen-bond donors (Lipinski definition) is 3. The van der Waals surface area contributed by atoms with E-state index in [4.69, 9.17) is 14.2 Å². The smallest absolute Gasteiger partial charge is 0.406 e. The van der Waals surface area contributed by atoms with Crippen LogP contribution in [0.5, 0.6) is 5.75 Å². The second-order valence-corrected chi connectivity index (χ2v) is 7.33. The van der Waals surface area contributed by atoms with Gasteiger partial charge in [0.25, 0.3) is 0 Å². The van der Waals surface area contributed by atoms with Crippen LogP contribution in [0.25, 0.3) is 0 Å². The van der Waals surface area contributed by atoms with Gasteiger partial charge >= 0.3 is 29.7 Å². The van der Waals surface area contributed by atoms with Crippen molar-refractivity contribution >= 4 is 29.7 Å². The Morgan fingerprint density at radius 2 is 1.64 bits per heavy atom. The molecule has 1 aromatic heterocycles. The molecular formula is C19H22N2O12. The Bertz CT molecular complexity index is 920. The lowest BCUT2D eigenvalue weighted by Gasteiger charge is -2.45. The molecule has 180 valence electrons. The van der Waals surface area contributed by atoms with Crippen molar-refractivity contribution in [3.05, 3.63) is 28.4 Å². The zero-order chi connectivity index (χ0) is 24.7. The number of nitro groups is 1. The molecule has 3 N–H and O–H groups in total. The third-order valence-electron chi connectivity index (χ3n) is 5.08. The molecule has 0 spiro atoms. The first-order valence-corrected chi connectivity index (χ1v) is 9.69. The van der Waals surface area contributed by atoms with Gasteiger partial charge in [0, 0.05) is 25.2 Å². The first-order chi connectivity index (χ1) is 15.5. The van der Waals surface area contributed by atoms with Crippen molar-refractivity contribution in [1.82, 2.24) is 4.98 Å². The fraction of sp³-hybridized carbons (Fsp3) is 0.526. The third-order valence-corrected chi connectivity index (χ3v) is 5.08. The molecular weight excluding hydrogens is 448 g/mol. The Labute approximate surface area is 186 Å². The van der Waals surface area contributed by atoms with Crippen LogP contribution in [-0.4, -0.2) is 68.1 Å². The quantitative estimate of drug-likeness (QED) is 0.233. The fourth-order valence-electron chi connectivity index (χ4n) is 3.82. The van der Waals surface area contributed by atoms with E-state index in [2.05, 4.69) is 4.98 Å². The maximum atomic E-state index is 11.6. The van der Waals surface area contributed by atoms with Gasteiger partial charge < -0.3 is 39.6 Å². The number of carboxylic acids is 3. The van der Waals surface area contributed by atoms with Crippen molar-refractivity contribution in [2.24, 2.45) is 17.8 Å². The lowest BCUT2D eigenvalue weighted by molar-refractivity contribution is -0.391. The van der Waals surface area contributed by atoms with E-state index in [0.717, 1.165) is 13.1 Å². The van der Waals surface area contributed by atoms with Crippen LogP contribution >= 0.6 is 0 Å². The van der Waals surface area contributed by atoms with E-state index in [1.165, 1.54) is 12.1 Å². The number of aromatic nitrogens is 1. The van der Waals surface area contributed by atoms with Crippen molar-refractivity contribution < 1.29 is 53.6 Å². The monoisotopic (exact) mass is 470 g/mol. The summed E-state index contributed by atoms with van der Waals surface area (Å²) in [6, 6.07) is 2.53. The van der Waals surface area contributed by atoms with Crippen LogP contribution in [-0.2, 0) is 28.7 Å². The van der Waals surface area contributed by atoms with Gasteiger partial charge in [-0.1, -0.05) is 0 Å². The minimum absolute atomic E-state index is 0.361. The first-order valence-electron chi connectivity index (χ1n) is 9.69. The predicted octanol–water partition coefficient (Wildman–Crippen LogP) is 0.929. The number of carboxylic acid groups (broad SMARTS) is 3. The number of carbonyl (C=O) groups excluding carboxylic acids is 1. The summed E-state index contributed by atoms with van der Waals surface area (Å²) in [6.45, 7) is 0.641. The van der Waals surface area contributed by atoms with E-state index < -0.39 is 90.6 Å². The number of ether oxygens (including phenoxy) is 3. The van der Waals surface area contributed by atoms with Crippen LogP contribution in [0.15, 0.2) is 18.3 Å². The van der Waals surface area contributed by atoms with Crippen LogP contribution in [0, 0.1) is 27.9 Å². The molecule has 0 radical (unpaired) electrons. The summed E-state index contributed by atoms with van der Waals surface area (Å²) in [5.41, 5.74) is 0. The molecule has 0 saturated carbocycles. The third kappa shape index (κ3) is 7.10. The molecule has 0 unspecified atom stereocenters. The van der Waals surface area contributed by atoms with E-state index in [0.29, 0.717) is 0 Å². The predicted molar refractivity (Wildman–Crippen MR) is 104 cm³/mol. The molecule has 1 aliphatic heterocycles. The Balaban J connectivity index is 2.51. The Kier molecular flexibility index (Phi) is 8.62. The van der Waals surface area contributed by atoms with Crippen molar-refractivity contribution in [1.29, 1.82) is 0 Å². The summed E-state index contributed by atoms with van der Waals surface area (Å²) in [5.74, 6) is -9.08. The van der Waals surface area contributed by atoms with Gasteiger partial charge in [-0.2, -0.15) is 0 Å². The van der Waals surface area contributed by atoms with E-state index in [-0.39, 0.29) is 5.75 Å². The Morgan fingerprint density at radius 1 is 1.06 bits per heavy atom. The molecule has 0 aromatic carbocycles. The number of nitrogens with zero attached hydrogens (tertiary/aromatic N) is 2. The summed E-state index contributed by atoms with van der Waals surface area (Å²) in [7, 11) is 0. The van der Waals surface area contributed by atoms with Crippen molar-refractivity contribution in [2.45, 2.75) is 38.6 Å². The lowest BCUT2D eigenvalue weighted by Crippen LogP contribution is -2.53. The standard InChI is InChI=1S/C19H22N2O12/c1-9(22)31-8-14-11(6-16(25)26)10(5-15(23)24)12(7-17(27)28)19(33-14)32-13-3-2-4-20-18(13)21(29)30/h2-4,10-12,14,19H,5-8H2,1H3,(H,23,24)(H,25,26)(H,27,28)/t10-,11-,12+,14-,19+/m0/s1. The lowest BCUT2D eigenvalue weighted by atomic mass is 9.71. The van der Waals surface area contributed by atoms with Crippen LogP contribution in [0.1, 0.15) is 26.2 Å². The largest absolute Gasteiger partial charge is 0.481 e. The SMILES string of the molecule is CC(=O)OC[C@@H]1O[C@@H](Oc2cccnc2[N+](=O)[O-])[C@H](CC(=O)O)[C@@H](CC(=O)O)[C@@H]1CC(=O)O. The van der Waals surface area contributed by atoms with Gasteiger partial charge in [-0.05, 0) is 28.0 Å². The maximum Gasteiger partial charge on any atom is 0.406 e. The highest BCUT2D eigenvalue weighted by Crippen LogP contribution is 2.43. The highest BCUT2D eigenvalue weighted by molar-refractivity contribution is 5.70. The number of carbonyl (C=O) groups is 4. The van der Waals surface area contributed by atoms with Crippen molar-refractivity contribution in [3.63, 3.8) is 0 Å². The van der Waals surface area contributed by atoms with Crippen molar-refractivity contribution in [2.75, 3.05) is 6.61 Å². The Hall–Kier alpha value is -3.81. The topological polar surface area (TPSA) is 213 Å². The molecule has 14 heteroatoms. The number of pyridine rings is 1. The van der Waals surface area contributed by atoms with Gasteiger partial charge in [-0.25, -0.2) is 0 Å². The van der Waals surface area contributed by atoms with Crippen LogP contribution in [0.3, 0.4) is 0 Å². The zero-order valence-corrected chi connectivity index (χ0v) is 17.4. The number of rotatable bonds is 11. The number of esters is 1. The second-order valence-electron chi connectivity index (χ2n) is 7.33. The van der Waals surface area contributed by atoms with Crippen LogP contribution in [0.4, 0.5) is 5.82 Å². The van der Waals surface area contributed by atoms with Gasteiger partial charge in [0.05, 0.1) is 18.9 Å². The average Bonchev–Trinajstić information content (AvgIpc) is 2.70. The average molecular weight is 470 g/mol.